The first kappa shape index (κ1) is 31.3. The smallest absolute Gasteiger partial charge is 0.416 e. The summed E-state index contributed by atoms with van der Waals surface area (Å²) in [7, 11) is 0. The Hall–Kier alpha value is -4.74. The summed E-state index contributed by atoms with van der Waals surface area (Å²) in [6.45, 7) is 5.17. The molecule has 0 unspecified atom stereocenters. The van der Waals surface area contributed by atoms with Crippen molar-refractivity contribution >= 4 is 29.1 Å². The maximum absolute atomic E-state index is 14.0. The summed E-state index contributed by atoms with van der Waals surface area (Å²) in [5.74, 6) is -7.37. The van der Waals surface area contributed by atoms with Crippen LogP contribution in [0.1, 0.15) is 47.9 Å². The van der Waals surface area contributed by atoms with Crippen LogP contribution in [0.5, 0.6) is 5.75 Å². The molecule has 238 valence electrons. The van der Waals surface area contributed by atoms with Crippen LogP contribution in [0.4, 0.5) is 32.0 Å². The molecular formula is C34H25F6NO5. The summed E-state index contributed by atoms with van der Waals surface area (Å²) in [5.41, 5.74) is -2.62. The van der Waals surface area contributed by atoms with Gasteiger partial charge in [0.2, 0.25) is 11.8 Å². The van der Waals surface area contributed by atoms with E-state index in [-0.39, 0.29) is 53.4 Å². The summed E-state index contributed by atoms with van der Waals surface area (Å²) in [6, 6.07) is 5.46. The highest BCUT2D eigenvalue weighted by atomic mass is 19.4. The predicted molar refractivity (Wildman–Crippen MR) is 152 cm³/mol. The van der Waals surface area contributed by atoms with Crippen LogP contribution >= 0.6 is 0 Å². The van der Waals surface area contributed by atoms with E-state index in [2.05, 4.69) is 6.58 Å². The molecule has 0 radical (unpaired) electrons. The van der Waals surface area contributed by atoms with Gasteiger partial charge in [-0.2, -0.15) is 26.3 Å². The number of halogens is 6. The molecule has 1 aliphatic heterocycles. The molecule has 4 atom stereocenters. The van der Waals surface area contributed by atoms with E-state index in [0.29, 0.717) is 28.2 Å². The molecule has 0 spiro atoms. The summed E-state index contributed by atoms with van der Waals surface area (Å²) >= 11 is 0. The van der Waals surface area contributed by atoms with Gasteiger partial charge in [0.25, 0.3) is 0 Å². The number of fused-ring (bicyclic) bond motifs is 3. The maximum Gasteiger partial charge on any atom is 0.416 e. The normalized spacial score (nSPS) is 24.8. The molecule has 0 saturated carbocycles. The van der Waals surface area contributed by atoms with E-state index in [9.17, 15) is 50.6 Å². The van der Waals surface area contributed by atoms with Crippen LogP contribution in [0.2, 0.25) is 0 Å². The summed E-state index contributed by atoms with van der Waals surface area (Å²) in [4.78, 5) is 54.9. The molecule has 46 heavy (non-hydrogen) atoms. The second-order valence-electron chi connectivity index (χ2n) is 11.9. The number of phenols is 1. The van der Waals surface area contributed by atoms with E-state index >= 15 is 0 Å². The Labute approximate surface area is 258 Å². The molecule has 3 aliphatic carbocycles. The molecular weight excluding hydrogens is 616 g/mol. The number of nitrogens with zero attached hydrogens (tertiary/aromatic N) is 1. The number of hydrogen-bond donors (Lipinski definition) is 1. The number of rotatable bonds is 4. The van der Waals surface area contributed by atoms with Gasteiger partial charge in [0.1, 0.15) is 5.75 Å². The van der Waals surface area contributed by atoms with Gasteiger partial charge in [-0.05, 0) is 61.9 Å². The van der Waals surface area contributed by atoms with Gasteiger partial charge in [0.15, 0.2) is 11.6 Å². The highest BCUT2D eigenvalue weighted by Gasteiger charge is 2.57. The molecule has 2 amide bonds. The summed E-state index contributed by atoms with van der Waals surface area (Å²) in [5, 5.41) is 11.3. The van der Waals surface area contributed by atoms with Crippen LogP contribution in [-0.2, 0) is 38.0 Å². The lowest BCUT2D eigenvalue weighted by Gasteiger charge is -2.42. The average Bonchev–Trinajstić information content (AvgIpc) is 3.24. The van der Waals surface area contributed by atoms with Crippen LogP contribution in [0.15, 0.2) is 83.5 Å². The Balaban J connectivity index is 1.49. The number of aromatic hydroxyl groups is 1. The molecule has 0 aromatic heterocycles. The molecule has 1 heterocycles. The monoisotopic (exact) mass is 641 g/mol. The van der Waals surface area contributed by atoms with Crippen molar-refractivity contribution < 1.29 is 50.6 Å². The van der Waals surface area contributed by atoms with E-state index < -0.39 is 76.2 Å². The largest absolute Gasteiger partial charge is 0.507 e. The Morgan fingerprint density at radius 2 is 1.61 bits per heavy atom. The number of alkyl halides is 6. The SMILES string of the molecule is C=CCc1cccc([C@H]2C3=CC[C@@H]4C(=O)N(c5cc(C(F)(F)F)cc(C(F)(F)F)c5)C(=O)[C@@H]4[C@@H]3CC3=C2C(=O)C(C)=CC3=O)c1O. The zero-order valence-corrected chi connectivity index (χ0v) is 24.1. The number of amides is 2. The lowest BCUT2D eigenvalue weighted by Crippen LogP contribution is -2.40. The average molecular weight is 642 g/mol. The van der Waals surface area contributed by atoms with Crippen LogP contribution < -0.4 is 4.90 Å². The fraction of sp³-hybridized carbons (Fsp3) is 0.294. The molecule has 4 aliphatic rings. The number of phenolic OH excluding ortho intramolecular Hbond substituents is 1. The molecule has 2 aromatic carbocycles. The molecule has 1 saturated heterocycles. The minimum atomic E-state index is -5.20. The minimum absolute atomic E-state index is 0.0778. The Morgan fingerprint density at radius 1 is 0.957 bits per heavy atom. The van der Waals surface area contributed by atoms with E-state index in [1.165, 1.54) is 6.92 Å². The van der Waals surface area contributed by atoms with E-state index in [4.69, 9.17) is 0 Å². The standard InChI is InChI=1S/C34H25F6NO5/c1-3-5-16-6-4-7-21(30(16)44)26-20-8-9-22-27(23(20)14-24-25(42)10-15(2)29(43)28(24)26)32(46)41(31(22)45)19-12-17(33(35,36)37)11-18(13-19)34(38,39)40/h3-4,6-8,10-13,22-23,26-27,44H,1,5,9,14H2,2H3/t22-,23+,26+,27-/m0/s1. The second-order valence-corrected chi connectivity index (χ2v) is 11.9. The molecule has 1 N–H and O–H groups in total. The molecule has 2 aromatic rings. The quantitative estimate of drug-likeness (QED) is 0.172. The third-order valence-corrected chi connectivity index (χ3v) is 9.22. The number of imide groups is 1. The van der Waals surface area contributed by atoms with E-state index in [1.807, 2.05) is 0 Å². The first-order chi connectivity index (χ1) is 21.5. The molecule has 6 nitrogen and oxygen atoms in total. The van der Waals surface area contributed by atoms with Gasteiger partial charge in [0, 0.05) is 28.2 Å². The summed E-state index contributed by atoms with van der Waals surface area (Å²) in [6.07, 6.45) is -6.04. The number of anilines is 1. The minimum Gasteiger partial charge on any atom is -0.507 e. The number of benzene rings is 2. The van der Waals surface area contributed by atoms with Crippen molar-refractivity contribution in [3.05, 3.63) is 106 Å². The number of carbonyl (C=O) groups is 4. The number of allylic oxidation sites excluding steroid dienone is 7. The van der Waals surface area contributed by atoms with Crippen LogP contribution in [-0.4, -0.2) is 28.5 Å². The van der Waals surface area contributed by atoms with Crippen molar-refractivity contribution in [2.75, 3.05) is 4.90 Å². The molecule has 6 rings (SSSR count). The fourth-order valence-electron chi connectivity index (χ4n) is 7.20. The molecule has 0 bridgehead atoms. The van der Waals surface area contributed by atoms with Gasteiger partial charge in [-0.15, -0.1) is 6.58 Å². The number of ketones is 2. The van der Waals surface area contributed by atoms with Crippen molar-refractivity contribution in [2.45, 2.75) is 44.5 Å². The predicted octanol–water partition coefficient (Wildman–Crippen LogP) is 6.79. The van der Waals surface area contributed by atoms with Crippen molar-refractivity contribution in [3.63, 3.8) is 0 Å². The van der Waals surface area contributed by atoms with Crippen molar-refractivity contribution in [2.24, 2.45) is 17.8 Å². The van der Waals surface area contributed by atoms with Crippen LogP contribution in [0.25, 0.3) is 0 Å². The van der Waals surface area contributed by atoms with E-state index in [1.54, 1.807) is 30.4 Å². The first-order valence-corrected chi connectivity index (χ1v) is 14.3. The number of carbonyl (C=O) groups excluding carboxylic acids is 4. The maximum atomic E-state index is 14.0. The van der Waals surface area contributed by atoms with E-state index in [0.717, 1.165) is 6.08 Å². The number of para-hydroxylation sites is 1. The topological polar surface area (TPSA) is 91.8 Å². The summed E-state index contributed by atoms with van der Waals surface area (Å²) < 4.78 is 81.9. The second kappa shape index (κ2) is 10.7. The van der Waals surface area contributed by atoms with Gasteiger partial charge >= 0.3 is 12.4 Å². The zero-order chi connectivity index (χ0) is 33.5. The van der Waals surface area contributed by atoms with Crippen LogP contribution in [0.3, 0.4) is 0 Å². The highest BCUT2D eigenvalue weighted by molar-refractivity contribution is 6.25. The van der Waals surface area contributed by atoms with Crippen LogP contribution in [0, 0.1) is 17.8 Å². The highest BCUT2D eigenvalue weighted by Crippen LogP contribution is 2.57. The van der Waals surface area contributed by atoms with Crippen molar-refractivity contribution in [1.82, 2.24) is 0 Å². The number of hydrogen-bond acceptors (Lipinski definition) is 5. The fourth-order valence-corrected chi connectivity index (χ4v) is 7.20. The van der Waals surface area contributed by atoms with Crippen molar-refractivity contribution in [1.29, 1.82) is 0 Å². The Morgan fingerprint density at radius 3 is 2.22 bits per heavy atom. The zero-order valence-electron chi connectivity index (χ0n) is 24.1. The van der Waals surface area contributed by atoms with Gasteiger partial charge < -0.3 is 5.11 Å². The van der Waals surface area contributed by atoms with Gasteiger partial charge in [-0.25, -0.2) is 4.90 Å². The third kappa shape index (κ3) is 4.81. The Kier molecular flexibility index (Phi) is 7.25. The van der Waals surface area contributed by atoms with Gasteiger partial charge in [0.05, 0.1) is 28.7 Å². The molecule has 12 heteroatoms. The van der Waals surface area contributed by atoms with Crippen molar-refractivity contribution in [3.8, 4) is 5.75 Å². The molecule has 1 fully saturated rings. The lowest BCUT2D eigenvalue weighted by atomic mass is 9.59. The first-order valence-electron chi connectivity index (χ1n) is 14.3. The third-order valence-electron chi connectivity index (χ3n) is 9.22. The van der Waals surface area contributed by atoms with Gasteiger partial charge in [-0.1, -0.05) is 35.9 Å². The Bertz CT molecular complexity index is 1810. The lowest BCUT2D eigenvalue weighted by molar-refractivity contribution is -0.143. The van der Waals surface area contributed by atoms with Gasteiger partial charge in [-0.3, -0.25) is 19.2 Å². The number of Topliss-reactive ketones (excluding diaryl/α,β-unsaturated/α-hetero) is 1.